The fourth-order valence-corrected chi connectivity index (χ4v) is 7.13. The molecule has 168 valence electrons. The summed E-state index contributed by atoms with van der Waals surface area (Å²) in [7, 11) is -6.62. The maximum atomic E-state index is 13.6. The highest BCUT2D eigenvalue weighted by molar-refractivity contribution is 7.94. The summed E-state index contributed by atoms with van der Waals surface area (Å²) in [6.07, 6.45) is 0. The molecule has 1 heterocycles. The third-order valence-electron chi connectivity index (χ3n) is 5.09. The monoisotopic (exact) mass is 466 g/mol. The Morgan fingerprint density at radius 2 is 1.81 bits per heavy atom. The lowest BCUT2D eigenvalue weighted by Gasteiger charge is -2.27. The molecule has 8 nitrogen and oxygen atoms in total. The molecule has 3 rings (SSSR count). The van der Waals surface area contributed by atoms with Crippen LogP contribution in [0.15, 0.2) is 53.4 Å². The second-order valence-electron chi connectivity index (χ2n) is 7.75. The number of rotatable bonds is 7. The van der Waals surface area contributed by atoms with Crippen LogP contribution in [-0.4, -0.2) is 46.0 Å². The van der Waals surface area contributed by atoms with E-state index in [9.17, 15) is 21.6 Å². The molecule has 10 heteroatoms. The van der Waals surface area contributed by atoms with Gasteiger partial charge in [-0.2, -0.15) is 4.31 Å². The summed E-state index contributed by atoms with van der Waals surface area (Å²) in [4.78, 5) is 12.3. The fourth-order valence-electron chi connectivity index (χ4n) is 3.51. The summed E-state index contributed by atoms with van der Waals surface area (Å²) in [6.45, 7) is 5.17. The van der Waals surface area contributed by atoms with Gasteiger partial charge >= 0.3 is 0 Å². The first-order valence-electron chi connectivity index (χ1n) is 9.79. The maximum absolute atomic E-state index is 13.6. The molecule has 0 bridgehead atoms. The molecule has 0 spiro atoms. The van der Waals surface area contributed by atoms with Crippen LogP contribution in [-0.2, 0) is 31.4 Å². The third kappa shape index (κ3) is 4.46. The highest BCUT2D eigenvalue weighted by Gasteiger charge is 2.42. The number of methoxy groups -OCH3 is 1. The van der Waals surface area contributed by atoms with E-state index in [0.717, 1.165) is 5.56 Å². The molecule has 0 saturated carbocycles. The highest BCUT2D eigenvalue weighted by Crippen LogP contribution is 2.36. The molecule has 1 atom stereocenters. The van der Waals surface area contributed by atoms with E-state index in [1.54, 1.807) is 13.8 Å². The summed E-state index contributed by atoms with van der Waals surface area (Å²) in [6, 6.07) is 12.7. The van der Waals surface area contributed by atoms with Gasteiger partial charge in [0.2, 0.25) is 26.0 Å². The molecule has 0 N–H and O–H groups in total. The second kappa shape index (κ2) is 8.60. The van der Waals surface area contributed by atoms with Crippen LogP contribution in [0.4, 0.5) is 5.69 Å². The number of carbonyl (C=O) groups is 1. The predicted molar refractivity (Wildman–Crippen MR) is 118 cm³/mol. The zero-order valence-electron chi connectivity index (χ0n) is 17.8. The van der Waals surface area contributed by atoms with Gasteiger partial charge in [-0.05, 0) is 37.6 Å². The predicted octanol–water partition coefficient (Wildman–Crippen LogP) is 2.61. The van der Waals surface area contributed by atoms with Crippen molar-refractivity contribution in [2.45, 2.75) is 38.3 Å². The van der Waals surface area contributed by atoms with Crippen molar-refractivity contribution in [1.82, 2.24) is 4.31 Å². The minimum absolute atomic E-state index is 0.0165. The lowest BCUT2D eigenvalue weighted by atomic mass is 10.2. The standard InChI is InChI=1S/C21H26N2O6S2/c1-15(2)22(13-17-8-6-5-7-9-17)31(27,28)20-12-18(10-11-19(20)29-4)23-21(24)16(3)14-30(23,25)26/h5-12,15-16H,13-14H2,1-4H3/t16-/m0/s1. The third-order valence-corrected chi connectivity index (χ3v) is 9.00. The Morgan fingerprint density at radius 1 is 1.16 bits per heavy atom. The molecular formula is C21H26N2O6S2. The van der Waals surface area contributed by atoms with Crippen molar-refractivity contribution in [3.05, 3.63) is 54.1 Å². The van der Waals surface area contributed by atoms with E-state index in [2.05, 4.69) is 0 Å². The SMILES string of the molecule is COc1ccc(N2C(=O)[C@@H](C)CS2(=O)=O)cc1S(=O)(=O)N(Cc1ccccc1)C(C)C. The minimum atomic E-state index is -4.09. The number of sulfonamides is 2. The van der Waals surface area contributed by atoms with Gasteiger partial charge in [-0.15, -0.1) is 0 Å². The molecule has 1 fully saturated rings. The largest absolute Gasteiger partial charge is 0.495 e. The van der Waals surface area contributed by atoms with Crippen LogP contribution in [0.3, 0.4) is 0 Å². The topological polar surface area (TPSA) is 101 Å². The number of benzene rings is 2. The maximum Gasteiger partial charge on any atom is 0.247 e. The van der Waals surface area contributed by atoms with Gasteiger partial charge < -0.3 is 4.74 Å². The Hall–Kier alpha value is -2.43. The summed E-state index contributed by atoms with van der Waals surface area (Å²) in [5.74, 6) is -1.53. The molecule has 1 aliphatic heterocycles. The molecule has 0 aromatic heterocycles. The Kier molecular flexibility index (Phi) is 6.45. The zero-order valence-corrected chi connectivity index (χ0v) is 19.5. The van der Waals surface area contributed by atoms with Crippen LogP contribution in [0.1, 0.15) is 26.3 Å². The number of amides is 1. The number of anilines is 1. The Labute approximate surface area is 183 Å². The smallest absolute Gasteiger partial charge is 0.247 e. The highest BCUT2D eigenvalue weighted by atomic mass is 32.2. The van der Waals surface area contributed by atoms with Gasteiger partial charge in [0.1, 0.15) is 10.6 Å². The number of ether oxygens (including phenoxy) is 1. The van der Waals surface area contributed by atoms with Crippen LogP contribution >= 0.6 is 0 Å². The van der Waals surface area contributed by atoms with Crippen LogP contribution in [0.25, 0.3) is 0 Å². The van der Waals surface area contributed by atoms with E-state index < -0.39 is 31.9 Å². The van der Waals surface area contributed by atoms with Gasteiger partial charge in [-0.1, -0.05) is 37.3 Å². The van der Waals surface area contributed by atoms with Crippen molar-refractivity contribution in [2.75, 3.05) is 17.2 Å². The van der Waals surface area contributed by atoms with Crippen molar-refractivity contribution in [2.24, 2.45) is 5.92 Å². The fraction of sp³-hybridized carbons (Fsp3) is 0.381. The number of hydrogen-bond donors (Lipinski definition) is 0. The van der Waals surface area contributed by atoms with Crippen LogP contribution in [0, 0.1) is 5.92 Å². The van der Waals surface area contributed by atoms with Crippen molar-refractivity contribution < 1.29 is 26.4 Å². The summed E-state index contributed by atoms with van der Waals surface area (Å²) in [5, 5.41) is 0. The molecule has 1 amide bonds. The van der Waals surface area contributed by atoms with Gasteiger partial charge in [0.25, 0.3) is 0 Å². The van der Waals surface area contributed by atoms with Gasteiger partial charge in [0, 0.05) is 12.6 Å². The van der Waals surface area contributed by atoms with Crippen LogP contribution < -0.4 is 9.04 Å². The molecule has 31 heavy (non-hydrogen) atoms. The molecule has 0 aliphatic carbocycles. The Balaban J connectivity index is 2.11. The lowest BCUT2D eigenvalue weighted by Crippen LogP contribution is -2.37. The quantitative estimate of drug-likeness (QED) is 0.622. The zero-order chi connectivity index (χ0) is 23.0. The van der Waals surface area contributed by atoms with Gasteiger partial charge in [-0.25, -0.2) is 21.1 Å². The Bertz CT molecular complexity index is 1180. The van der Waals surface area contributed by atoms with Gasteiger partial charge in [-0.3, -0.25) is 4.79 Å². The van der Waals surface area contributed by atoms with E-state index >= 15 is 0 Å². The first kappa shape index (κ1) is 23.2. The molecule has 2 aromatic carbocycles. The molecule has 1 aliphatic rings. The van der Waals surface area contributed by atoms with E-state index in [1.165, 1.54) is 36.5 Å². The first-order valence-corrected chi connectivity index (χ1v) is 12.8. The van der Waals surface area contributed by atoms with Crippen molar-refractivity contribution in [1.29, 1.82) is 0 Å². The summed E-state index contributed by atoms with van der Waals surface area (Å²) in [5.41, 5.74) is 0.790. The van der Waals surface area contributed by atoms with E-state index in [0.29, 0.717) is 4.31 Å². The average Bonchev–Trinajstić information content (AvgIpc) is 2.92. The minimum Gasteiger partial charge on any atom is -0.495 e. The summed E-state index contributed by atoms with van der Waals surface area (Å²) < 4.78 is 59.5. The van der Waals surface area contributed by atoms with E-state index in [-0.39, 0.29) is 34.7 Å². The van der Waals surface area contributed by atoms with Gasteiger partial charge in [0.15, 0.2) is 0 Å². The molecule has 0 radical (unpaired) electrons. The molecule has 0 unspecified atom stereocenters. The van der Waals surface area contributed by atoms with Crippen LogP contribution in [0.2, 0.25) is 0 Å². The van der Waals surface area contributed by atoms with Gasteiger partial charge in [0.05, 0.1) is 24.5 Å². The van der Waals surface area contributed by atoms with Crippen molar-refractivity contribution >= 4 is 31.6 Å². The van der Waals surface area contributed by atoms with E-state index in [4.69, 9.17) is 4.74 Å². The second-order valence-corrected chi connectivity index (χ2v) is 11.5. The molecule has 2 aromatic rings. The average molecular weight is 467 g/mol. The number of carbonyl (C=O) groups excluding carboxylic acids is 1. The number of nitrogens with zero attached hydrogens (tertiary/aromatic N) is 2. The molecular weight excluding hydrogens is 440 g/mol. The number of hydrogen-bond acceptors (Lipinski definition) is 6. The Morgan fingerprint density at radius 3 is 2.32 bits per heavy atom. The van der Waals surface area contributed by atoms with Crippen molar-refractivity contribution in [3.8, 4) is 5.75 Å². The normalized spacial score (nSPS) is 18.7. The van der Waals surface area contributed by atoms with E-state index in [1.807, 2.05) is 30.3 Å². The summed E-state index contributed by atoms with van der Waals surface area (Å²) >= 11 is 0. The molecule has 1 saturated heterocycles. The van der Waals surface area contributed by atoms with Crippen molar-refractivity contribution in [3.63, 3.8) is 0 Å². The van der Waals surface area contributed by atoms with Crippen LogP contribution in [0.5, 0.6) is 5.75 Å². The lowest BCUT2D eigenvalue weighted by molar-refractivity contribution is -0.119. The first-order chi connectivity index (χ1) is 14.5.